The van der Waals surface area contributed by atoms with E-state index in [4.69, 9.17) is 0 Å². The number of fused-ring (bicyclic) bond motifs is 1. The minimum atomic E-state index is -0.0945. The van der Waals surface area contributed by atoms with Gasteiger partial charge in [0.05, 0.1) is 16.2 Å². The number of aromatic amines is 1. The second-order valence-corrected chi connectivity index (χ2v) is 8.23. The number of nitrogens with one attached hydrogen (secondary N) is 1. The number of aromatic nitrogens is 5. The smallest absolute Gasteiger partial charge is 0.258 e. The molecule has 0 radical (unpaired) electrons. The fourth-order valence-electron chi connectivity index (χ4n) is 3.70. The maximum Gasteiger partial charge on any atom is 0.258 e. The van der Waals surface area contributed by atoms with Gasteiger partial charge in [0, 0.05) is 6.04 Å². The van der Waals surface area contributed by atoms with Gasteiger partial charge in [0.15, 0.2) is 5.16 Å². The molecule has 0 saturated heterocycles. The third kappa shape index (κ3) is 3.28. The van der Waals surface area contributed by atoms with Crippen LogP contribution in [0.25, 0.3) is 10.9 Å². The molecule has 1 aliphatic rings. The van der Waals surface area contributed by atoms with Crippen LogP contribution < -0.4 is 5.56 Å². The minimum absolute atomic E-state index is 0.0155. The Labute approximate surface area is 156 Å². The van der Waals surface area contributed by atoms with E-state index in [-0.39, 0.29) is 10.8 Å². The van der Waals surface area contributed by atoms with Crippen molar-refractivity contribution in [1.29, 1.82) is 0 Å². The molecule has 2 aromatic heterocycles. The summed E-state index contributed by atoms with van der Waals surface area (Å²) in [6, 6.07) is 7.91. The summed E-state index contributed by atoms with van der Waals surface area (Å²) in [4.78, 5) is 19.9. The Hall–Kier alpha value is -2.15. The first-order chi connectivity index (χ1) is 12.6. The molecular weight excluding hydrogens is 346 g/mol. The van der Waals surface area contributed by atoms with Crippen molar-refractivity contribution in [3.63, 3.8) is 0 Å². The Morgan fingerprint density at radius 3 is 2.77 bits per heavy atom. The molecule has 0 amide bonds. The number of thioether (sulfide) groups is 1. The number of rotatable bonds is 4. The second kappa shape index (κ2) is 7.23. The number of para-hydroxylation sites is 1. The third-order valence-corrected chi connectivity index (χ3v) is 6.14. The van der Waals surface area contributed by atoms with Crippen LogP contribution in [0.4, 0.5) is 0 Å². The van der Waals surface area contributed by atoms with E-state index in [1.165, 1.54) is 32.1 Å². The third-order valence-electron chi connectivity index (χ3n) is 5.07. The van der Waals surface area contributed by atoms with Gasteiger partial charge < -0.3 is 9.55 Å². The fourth-order valence-corrected chi connectivity index (χ4v) is 4.72. The van der Waals surface area contributed by atoms with Crippen LogP contribution in [-0.4, -0.2) is 24.7 Å². The van der Waals surface area contributed by atoms with Crippen molar-refractivity contribution in [3.05, 3.63) is 46.3 Å². The van der Waals surface area contributed by atoms with Crippen LogP contribution in [0.2, 0.25) is 0 Å². The van der Waals surface area contributed by atoms with Crippen molar-refractivity contribution in [2.45, 2.75) is 62.4 Å². The van der Waals surface area contributed by atoms with Crippen LogP contribution in [0, 0.1) is 6.92 Å². The number of benzene rings is 1. The molecule has 0 bridgehead atoms. The monoisotopic (exact) mass is 369 g/mol. The first-order valence-corrected chi connectivity index (χ1v) is 10.1. The van der Waals surface area contributed by atoms with Crippen molar-refractivity contribution in [1.82, 2.24) is 24.7 Å². The van der Waals surface area contributed by atoms with E-state index in [1.807, 2.05) is 32.0 Å². The van der Waals surface area contributed by atoms with Gasteiger partial charge in [-0.1, -0.05) is 43.2 Å². The van der Waals surface area contributed by atoms with Gasteiger partial charge in [-0.25, -0.2) is 4.98 Å². The number of hydrogen-bond acceptors (Lipinski definition) is 5. The molecule has 136 valence electrons. The summed E-state index contributed by atoms with van der Waals surface area (Å²) in [5.74, 6) is 1.64. The van der Waals surface area contributed by atoms with Crippen molar-refractivity contribution < 1.29 is 0 Å². The van der Waals surface area contributed by atoms with Crippen LogP contribution in [0.15, 0.2) is 34.2 Å². The summed E-state index contributed by atoms with van der Waals surface area (Å²) in [6.45, 7) is 4.07. The van der Waals surface area contributed by atoms with Gasteiger partial charge in [-0.2, -0.15) is 0 Å². The predicted octanol–water partition coefficient (Wildman–Crippen LogP) is 4.18. The molecule has 1 aliphatic carbocycles. The molecule has 1 N–H and O–H groups in total. The number of nitrogens with zero attached hydrogens (tertiary/aromatic N) is 4. The zero-order valence-electron chi connectivity index (χ0n) is 15.1. The zero-order chi connectivity index (χ0) is 18.1. The molecule has 2 heterocycles. The van der Waals surface area contributed by atoms with Gasteiger partial charge >= 0.3 is 0 Å². The number of H-pyrrole nitrogens is 1. The molecule has 26 heavy (non-hydrogen) atoms. The van der Waals surface area contributed by atoms with Crippen LogP contribution in [0.5, 0.6) is 0 Å². The fraction of sp³-hybridized carbons (Fsp3) is 0.474. The average molecular weight is 369 g/mol. The molecule has 1 fully saturated rings. The Bertz CT molecular complexity index is 973. The Morgan fingerprint density at radius 1 is 1.19 bits per heavy atom. The summed E-state index contributed by atoms with van der Waals surface area (Å²) in [6.07, 6.45) is 6.22. The average Bonchev–Trinajstić information content (AvgIpc) is 3.02. The lowest BCUT2D eigenvalue weighted by atomic mass is 9.95. The van der Waals surface area contributed by atoms with Crippen molar-refractivity contribution in [2.24, 2.45) is 0 Å². The maximum atomic E-state index is 12.3. The van der Waals surface area contributed by atoms with Gasteiger partial charge in [-0.15, -0.1) is 10.2 Å². The second-order valence-electron chi connectivity index (χ2n) is 6.92. The summed E-state index contributed by atoms with van der Waals surface area (Å²) < 4.78 is 2.28. The Morgan fingerprint density at radius 2 is 1.96 bits per heavy atom. The molecule has 7 heteroatoms. The molecule has 0 spiro atoms. The Kier molecular flexibility index (Phi) is 4.80. The SMILES string of the molecule is Cc1nnc(SC(C)c2nc3ccccc3c(=O)[nH]2)n1C1CCCCC1. The summed E-state index contributed by atoms with van der Waals surface area (Å²) in [5.41, 5.74) is 0.631. The number of hydrogen-bond donors (Lipinski definition) is 1. The highest BCUT2D eigenvalue weighted by atomic mass is 32.2. The topological polar surface area (TPSA) is 76.5 Å². The molecule has 3 aromatic rings. The predicted molar refractivity (Wildman–Crippen MR) is 104 cm³/mol. The lowest BCUT2D eigenvalue weighted by Crippen LogP contribution is -2.16. The normalized spacial score (nSPS) is 16.8. The van der Waals surface area contributed by atoms with Gasteiger partial charge in [-0.05, 0) is 38.8 Å². The van der Waals surface area contributed by atoms with Crippen LogP contribution in [-0.2, 0) is 0 Å². The van der Waals surface area contributed by atoms with Gasteiger partial charge in [-0.3, -0.25) is 4.79 Å². The largest absolute Gasteiger partial charge is 0.309 e. The van der Waals surface area contributed by atoms with Gasteiger partial charge in [0.25, 0.3) is 5.56 Å². The van der Waals surface area contributed by atoms with Crippen molar-refractivity contribution in [3.8, 4) is 0 Å². The highest BCUT2D eigenvalue weighted by molar-refractivity contribution is 7.99. The molecule has 0 aliphatic heterocycles. The molecule has 1 aromatic carbocycles. The lowest BCUT2D eigenvalue weighted by Gasteiger charge is -2.25. The van der Waals surface area contributed by atoms with Crippen LogP contribution in [0.3, 0.4) is 0 Å². The Balaban J connectivity index is 1.63. The van der Waals surface area contributed by atoms with E-state index in [0.29, 0.717) is 17.3 Å². The summed E-state index contributed by atoms with van der Waals surface area (Å²) in [5, 5.41) is 10.2. The molecule has 6 nitrogen and oxygen atoms in total. The van der Waals surface area contributed by atoms with Crippen LogP contribution >= 0.6 is 11.8 Å². The van der Waals surface area contributed by atoms with Gasteiger partial charge in [0.2, 0.25) is 0 Å². The zero-order valence-corrected chi connectivity index (χ0v) is 15.9. The highest BCUT2D eigenvalue weighted by Gasteiger charge is 2.23. The molecule has 4 rings (SSSR count). The highest BCUT2D eigenvalue weighted by Crippen LogP contribution is 2.37. The quantitative estimate of drug-likeness (QED) is 0.698. The van der Waals surface area contributed by atoms with Crippen LogP contribution in [0.1, 0.15) is 62.0 Å². The molecule has 1 atom stereocenters. The van der Waals surface area contributed by atoms with E-state index < -0.39 is 0 Å². The van der Waals surface area contributed by atoms with E-state index in [1.54, 1.807) is 17.8 Å². The van der Waals surface area contributed by atoms with E-state index in [2.05, 4.69) is 24.7 Å². The molecule has 1 saturated carbocycles. The standard InChI is InChI=1S/C19H23N5OS/c1-12(17-20-16-11-7-6-10-15(16)18(25)21-17)26-19-23-22-13(2)24(19)14-8-4-3-5-9-14/h6-7,10-12,14H,3-5,8-9H2,1-2H3,(H,20,21,25). The first kappa shape index (κ1) is 17.3. The maximum absolute atomic E-state index is 12.3. The summed E-state index contributed by atoms with van der Waals surface area (Å²) >= 11 is 1.61. The molecular formula is C19H23N5OS. The lowest BCUT2D eigenvalue weighted by molar-refractivity contribution is 0.332. The van der Waals surface area contributed by atoms with E-state index in [9.17, 15) is 4.79 Å². The first-order valence-electron chi connectivity index (χ1n) is 9.20. The van der Waals surface area contributed by atoms with E-state index >= 15 is 0 Å². The summed E-state index contributed by atoms with van der Waals surface area (Å²) in [7, 11) is 0. The van der Waals surface area contributed by atoms with Crippen molar-refractivity contribution >= 4 is 22.7 Å². The molecule has 1 unspecified atom stereocenters. The van der Waals surface area contributed by atoms with Crippen molar-refractivity contribution in [2.75, 3.05) is 0 Å². The van der Waals surface area contributed by atoms with Gasteiger partial charge in [0.1, 0.15) is 11.6 Å². The number of aryl methyl sites for hydroxylation is 1. The minimum Gasteiger partial charge on any atom is -0.309 e. The van der Waals surface area contributed by atoms with E-state index in [0.717, 1.165) is 16.5 Å².